The molecule has 0 unspecified atom stereocenters. The first kappa shape index (κ1) is 26.0. The van der Waals surface area contributed by atoms with E-state index in [0.29, 0.717) is 0 Å². The monoisotopic (exact) mass is 551 g/mol. The molecular formula is C26H38IN3S. The van der Waals surface area contributed by atoms with Crippen LogP contribution in [0.2, 0.25) is 0 Å². The molecule has 0 aromatic heterocycles. The second-order valence-electron chi connectivity index (χ2n) is 8.83. The number of aryl methyl sites for hydroxylation is 1. The van der Waals surface area contributed by atoms with Crippen LogP contribution >= 0.6 is 11.3 Å². The van der Waals surface area contributed by atoms with Gasteiger partial charge in [0, 0.05) is 31.4 Å². The second kappa shape index (κ2) is 12.7. The molecule has 0 N–H and O–H groups in total. The van der Waals surface area contributed by atoms with Crippen molar-refractivity contribution in [1.29, 1.82) is 0 Å². The van der Waals surface area contributed by atoms with Gasteiger partial charge in [0.05, 0.1) is 20.8 Å². The van der Waals surface area contributed by atoms with Crippen molar-refractivity contribution in [2.24, 2.45) is 0 Å². The van der Waals surface area contributed by atoms with Gasteiger partial charge in [0.25, 0.3) is 0 Å². The molecule has 0 radical (unpaired) electrons. The fourth-order valence-corrected chi connectivity index (χ4v) is 5.05. The first-order valence-electron chi connectivity index (χ1n) is 11.5. The molecule has 0 amide bonds. The molecule has 1 aliphatic heterocycles. The maximum atomic E-state index is 5.00. The molecule has 3 rings (SSSR count). The largest absolute Gasteiger partial charge is 1.00 e. The van der Waals surface area contributed by atoms with Gasteiger partial charge in [-0.15, -0.1) is 11.3 Å². The Morgan fingerprint density at radius 2 is 1.58 bits per heavy atom. The van der Waals surface area contributed by atoms with Gasteiger partial charge in [-0.05, 0) is 37.1 Å². The maximum absolute atomic E-state index is 5.00. The highest BCUT2D eigenvalue weighted by atomic mass is 127. The van der Waals surface area contributed by atoms with E-state index in [2.05, 4.69) is 74.9 Å². The normalized spacial score (nSPS) is 11.0. The minimum Gasteiger partial charge on any atom is -1.00 e. The van der Waals surface area contributed by atoms with E-state index in [1.165, 1.54) is 77.6 Å². The Bertz CT molecular complexity index is 1010. The highest BCUT2D eigenvalue weighted by Crippen LogP contribution is 2.32. The topological polar surface area (TPSA) is 19.1 Å². The van der Waals surface area contributed by atoms with Crippen LogP contribution in [0.1, 0.15) is 63.9 Å². The molecule has 1 aromatic carbocycles. The number of hydrogen-bond acceptors (Lipinski definition) is 3. The average molecular weight is 552 g/mol. The summed E-state index contributed by atoms with van der Waals surface area (Å²) in [4.78, 5) is 8.41. The number of halogens is 1. The highest BCUT2D eigenvalue weighted by Gasteiger charge is 2.14. The van der Waals surface area contributed by atoms with Gasteiger partial charge in [-0.3, -0.25) is 0 Å². The van der Waals surface area contributed by atoms with E-state index in [1.54, 1.807) is 0 Å². The molecule has 31 heavy (non-hydrogen) atoms. The Hall–Kier alpha value is -1.21. The van der Waals surface area contributed by atoms with Gasteiger partial charge in [-0.1, -0.05) is 51.9 Å². The molecule has 0 bridgehead atoms. The molecular weight excluding hydrogens is 513 g/mol. The summed E-state index contributed by atoms with van der Waals surface area (Å²) in [7, 11) is 8.48. The molecule has 0 saturated carbocycles. The summed E-state index contributed by atoms with van der Waals surface area (Å²) in [5, 5.41) is 1.34. The second-order valence-corrected chi connectivity index (χ2v) is 9.91. The van der Waals surface area contributed by atoms with Crippen LogP contribution in [-0.2, 0) is 6.42 Å². The van der Waals surface area contributed by atoms with Gasteiger partial charge in [-0.2, -0.15) is 0 Å². The number of benzene rings is 2. The lowest BCUT2D eigenvalue weighted by Crippen LogP contribution is -3.00. The van der Waals surface area contributed by atoms with E-state index in [-0.39, 0.29) is 24.0 Å². The molecule has 170 valence electrons. The van der Waals surface area contributed by atoms with Gasteiger partial charge in [0.15, 0.2) is 0 Å². The zero-order chi connectivity index (χ0) is 21.5. The van der Waals surface area contributed by atoms with Crippen LogP contribution in [0.25, 0.3) is 20.8 Å². The molecule has 0 spiro atoms. The molecule has 0 atom stereocenters. The van der Waals surface area contributed by atoms with Gasteiger partial charge in [0.2, 0.25) is 5.36 Å². The lowest BCUT2D eigenvalue weighted by atomic mass is 10.0. The van der Waals surface area contributed by atoms with E-state index in [1.807, 2.05) is 11.3 Å². The Morgan fingerprint density at radius 1 is 0.903 bits per heavy atom. The summed E-state index contributed by atoms with van der Waals surface area (Å²) in [6.45, 7) is 2.28. The number of hydrogen-bond donors (Lipinski definition) is 0. The summed E-state index contributed by atoms with van der Waals surface area (Å²) in [5.74, 6) is 0. The third kappa shape index (κ3) is 7.14. The standard InChI is InChI=1S/C26H38N3S.HI/c1-6-7-8-9-10-11-12-13-14-20-17-23-26(19-24(20)29(4)5)30-25-18-21(28(2)3)15-16-22(25)27-23;/h15-19H,6-14H2,1-5H3;1H/q+1;/p-1. The minimum absolute atomic E-state index is 0. The molecule has 0 fully saturated rings. The summed E-state index contributed by atoms with van der Waals surface area (Å²) < 4.78 is 3.50. The van der Waals surface area contributed by atoms with Gasteiger partial charge in [-0.25, -0.2) is 9.56 Å². The van der Waals surface area contributed by atoms with Crippen molar-refractivity contribution in [3.8, 4) is 10.6 Å². The maximum Gasteiger partial charge on any atom is 0.204 e. The number of fused-ring (bicyclic) bond motifs is 2. The average Bonchev–Trinajstić information content (AvgIpc) is 2.73. The van der Waals surface area contributed by atoms with Gasteiger partial charge in [0.1, 0.15) is 14.1 Å². The molecule has 2 aliphatic rings. The number of anilines is 1. The Balaban J connectivity index is 0.00000341. The lowest BCUT2D eigenvalue weighted by Gasteiger charge is -2.14. The zero-order valence-corrected chi connectivity index (χ0v) is 22.9. The predicted octanol–water partition coefficient (Wildman–Crippen LogP) is 3.19. The van der Waals surface area contributed by atoms with Crippen LogP contribution < -0.4 is 38.8 Å². The first-order valence-corrected chi connectivity index (χ1v) is 12.4. The van der Waals surface area contributed by atoms with Crippen molar-refractivity contribution in [3.05, 3.63) is 41.3 Å². The quantitative estimate of drug-likeness (QED) is 0.167. The summed E-state index contributed by atoms with van der Waals surface area (Å²) in [6.07, 6.45) is 12.0. The minimum atomic E-state index is 0. The van der Waals surface area contributed by atoms with E-state index in [0.717, 1.165) is 17.6 Å². The number of nitrogens with zero attached hydrogens (tertiary/aromatic N) is 3. The summed E-state index contributed by atoms with van der Waals surface area (Å²) >= 11 is 1.85. The molecule has 1 aliphatic carbocycles. The van der Waals surface area contributed by atoms with E-state index in [9.17, 15) is 0 Å². The molecule has 0 saturated heterocycles. The van der Waals surface area contributed by atoms with Crippen molar-refractivity contribution < 1.29 is 24.0 Å². The van der Waals surface area contributed by atoms with Crippen LogP contribution in [0.4, 0.5) is 5.69 Å². The SMILES string of the molecule is CCCCCCCCCCc1cc2nc3ccc(N(C)C)cc3sc-2cc1=[N+](C)C.[I-]. The smallest absolute Gasteiger partial charge is 0.204 e. The van der Waals surface area contributed by atoms with Crippen LogP contribution in [0, 0.1) is 0 Å². The van der Waals surface area contributed by atoms with Crippen LogP contribution in [0.3, 0.4) is 0 Å². The zero-order valence-electron chi connectivity index (χ0n) is 19.9. The van der Waals surface area contributed by atoms with Gasteiger partial charge >= 0.3 is 0 Å². The summed E-state index contributed by atoms with van der Waals surface area (Å²) in [6, 6.07) is 11.2. The predicted molar refractivity (Wildman–Crippen MR) is 134 cm³/mol. The number of unbranched alkanes of at least 4 members (excludes halogenated alkanes) is 7. The highest BCUT2D eigenvalue weighted by molar-refractivity contribution is 7.21. The molecule has 1 aromatic rings. The molecule has 1 heterocycles. The first-order chi connectivity index (χ1) is 14.5. The Morgan fingerprint density at radius 3 is 2.23 bits per heavy atom. The summed E-state index contributed by atoms with van der Waals surface area (Å²) in [5.41, 5.74) is 4.88. The van der Waals surface area contributed by atoms with Crippen molar-refractivity contribution in [2.75, 3.05) is 33.1 Å². The van der Waals surface area contributed by atoms with E-state index in [4.69, 9.17) is 4.98 Å². The lowest BCUT2D eigenvalue weighted by molar-refractivity contribution is -0.00000636. The Labute approximate surface area is 209 Å². The third-order valence-corrected chi connectivity index (χ3v) is 6.96. The fourth-order valence-electron chi connectivity index (χ4n) is 4.04. The number of aromatic nitrogens is 1. The van der Waals surface area contributed by atoms with E-state index < -0.39 is 0 Å². The Kier molecular flexibility index (Phi) is 10.7. The van der Waals surface area contributed by atoms with Crippen molar-refractivity contribution in [1.82, 2.24) is 9.56 Å². The molecule has 5 heteroatoms. The van der Waals surface area contributed by atoms with Crippen LogP contribution in [-0.4, -0.2) is 33.2 Å². The van der Waals surface area contributed by atoms with E-state index >= 15 is 0 Å². The number of rotatable bonds is 10. The van der Waals surface area contributed by atoms with Crippen molar-refractivity contribution in [2.45, 2.75) is 64.7 Å². The van der Waals surface area contributed by atoms with Gasteiger partial charge < -0.3 is 28.9 Å². The molecule has 3 nitrogen and oxygen atoms in total. The fraction of sp³-hybridized carbons (Fsp3) is 0.538. The van der Waals surface area contributed by atoms with Crippen LogP contribution in [0.15, 0.2) is 30.3 Å². The van der Waals surface area contributed by atoms with Crippen LogP contribution in [0.5, 0.6) is 0 Å². The van der Waals surface area contributed by atoms with Crippen molar-refractivity contribution >= 4 is 27.2 Å². The van der Waals surface area contributed by atoms with Crippen molar-refractivity contribution in [3.63, 3.8) is 0 Å². The third-order valence-electron chi connectivity index (χ3n) is 5.86.